The molecule has 2 aromatic heterocycles. The number of carbonyl (C=O) groups is 1. The van der Waals surface area contributed by atoms with Gasteiger partial charge in [-0.05, 0) is 29.8 Å². The molecule has 0 bridgehead atoms. The fraction of sp³-hybridized carbons (Fsp3) is 0.143. The first-order valence-corrected chi connectivity index (χ1v) is 10.1. The summed E-state index contributed by atoms with van der Waals surface area (Å²) in [6.45, 7) is 0.375. The number of carbonyl (C=O) groups excluding carboxylic acids is 1. The molecule has 30 heavy (non-hydrogen) atoms. The van der Waals surface area contributed by atoms with Crippen molar-refractivity contribution in [2.24, 2.45) is 5.73 Å². The monoisotopic (exact) mass is 526 g/mol. The van der Waals surface area contributed by atoms with E-state index >= 15 is 0 Å². The first-order chi connectivity index (χ1) is 14.3. The molecule has 2 heterocycles. The molecule has 1 atom stereocenters. The Morgan fingerprint density at radius 2 is 2.00 bits per heavy atom. The highest BCUT2D eigenvalue weighted by Gasteiger charge is 2.29. The lowest BCUT2D eigenvalue weighted by Crippen LogP contribution is -2.20. The minimum absolute atomic E-state index is 0.169. The second-order valence-electron chi connectivity index (χ2n) is 6.39. The Morgan fingerprint density at radius 3 is 2.67 bits per heavy atom. The molecule has 0 aliphatic rings. The number of H-pyrrole nitrogens is 1. The standard InChI is InChI=1S/C21H18F3IN4O/c22-21(23,24)15-6-3-13(4-7-15)11-28-18(25)8-5-14(10-26)19(30)17-12-29-20-16(17)2-1-9-27-20/h1-10,12,18,28H,11,26H2,(H,27,29)/b8-5-,14-10+. The van der Waals surface area contributed by atoms with Gasteiger partial charge < -0.3 is 10.7 Å². The maximum atomic E-state index is 12.8. The number of benzene rings is 1. The van der Waals surface area contributed by atoms with Crippen molar-refractivity contribution in [3.8, 4) is 0 Å². The zero-order valence-electron chi connectivity index (χ0n) is 15.6. The van der Waals surface area contributed by atoms with E-state index in [0.29, 0.717) is 28.7 Å². The number of alkyl halides is 4. The molecule has 0 spiro atoms. The van der Waals surface area contributed by atoms with Crippen LogP contribution in [0.5, 0.6) is 0 Å². The van der Waals surface area contributed by atoms with E-state index in [2.05, 4.69) is 37.9 Å². The minimum Gasteiger partial charge on any atom is -0.404 e. The Labute approximate surface area is 184 Å². The van der Waals surface area contributed by atoms with Crippen LogP contribution >= 0.6 is 22.6 Å². The third-order valence-corrected chi connectivity index (χ3v) is 5.22. The van der Waals surface area contributed by atoms with Gasteiger partial charge in [-0.2, -0.15) is 13.2 Å². The number of hydrogen-bond acceptors (Lipinski definition) is 4. The zero-order chi connectivity index (χ0) is 21.7. The van der Waals surface area contributed by atoms with Gasteiger partial charge in [0.25, 0.3) is 0 Å². The van der Waals surface area contributed by atoms with E-state index in [1.165, 1.54) is 18.3 Å². The molecule has 0 radical (unpaired) electrons. The molecule has 0 amide bonds. The van der Waals surface area contributed by atoms with Gasteiger partial charge in [0, 0.05) is 41.7 Å². The van der Waals surface area contributed by atoms with Crippen molar-refractivity contribution in [1.82, 2.24) is 15.3 Å². The number of aromatic amines is 1. The number of nitrogens with zero attached hydrogens (tertiary/aromatic N) is 1. The van der Waals surface area contributed by atoms with Crippen molar-refractivity contribution >= 4 is 39.4 Å². The second-order valence-corrected chi connectivity index (χ2v) is 7.73. The number of nitrogens with two attached hydrogens (primary N) is 1. The lowest BCUT2D eigenvalue weighted by molar-refractivity contribution is -0.137. The smallest absolute Gasteiger partial charge is 0.404 e. The molecule has 0 saturated carbocycles. The molecule has 0 saturated heterocycles. The van der Waals surface area contributed by atoms with Crippen LogP contribution in [0.3, 0.4) is 0 Å². The summed E-state index contributed by atoms with van der Waals surface area (Å²) in [5, 5.41) is 3.87. The lowest BCUT2D eigenvalue weighted by Gasteiger charge is -2.10. The number of hydrogen-bond donors (Lipinski definition) is 3. The molecule has 1 unspecified atom stereocenters. The van der Waals surface area contributed by atoms with E-state index in [-0.39, 0.29) is 9.83 Å². The van der Waals surface area contributed by atoms with Gasteiger partial charge in [0.2, 0.25) is 0 Å². The Bertz CT molecular complexity index is 1090. The summed E-state index contributed by atoms with van der Waals surface area (Å²) in [6.07, 6.45) is 3.51. The second kappa shape index (κ2) is 9.43. The topological polar surface area (TPSA) is 83.8 Å². The van der Waals surface area contributed by atoms with Gasteiger partial charge in [0.05, 0.1) is 9.61 Å². The van der Waals surface area contributed by atoms with Crippen LogP contribution in [-0.2, 0) is 12.7 Å². The maximum Gasteiger partial charge on any atom is 0.416 e. The van der Waals surface area contributed by atoms with E-state index in [1.807, 2.05) is 0 Å². The number of pyridine rings is 1. The molecule has 3 aromatic rings. The molecule has 1 aromatic carbocycles. The summed E-state index contributed by atoms with van der Waals surface area (Å²) in [7, 11) is 0. The van der Waals surface area contributed by atoms with E-state index in [4.69, 9.17) is 5.73 Å². The van der Waals surface area contributed by atoms with Crippen LogP contribution in [0.1, 0.15) is 21.5 Å². The highest BCUT2D eigenvalue weighted by Crippen LogP contribution is 2.29. The van der Waals surface area contributed by atoms with Crippen molar-refractivity contribution < 1.29 is 18.0 Å². The van der Waals surface area contributed by atoms with E-state index in [0.717, 1.165) is 17.7 Å². The molecule has 4 N–H and O–H groups in total. The molecule has 156 valence electrons. The summed E-state index contributed by atoms with van der Waals surface area (Å²) in [5.74, 6) is -0.237. The number of aromatic nitrogens is 2. The average Bonchev–Trinajstić information content (AvgIpc) is 3.16. The SMILES string of the molecule is N/C=C(\C=C/C(I)NCc1ccc(C(F)(F)F)cc1)C(=O)c1c[nH]c2ncccc12. The van der Waals surface area contributed by atoms with Gasteiger partial charge in [0.1, 0.15) is 5.65 Å². The number of nitrogens with one attached hydrogen (secondary N) is 2. The van der Waals surface area contributed by atoms with Gasteiger partial charge in [0.15, 0.2) is 5.78 Å². The van der Waals surface area contributed by atoms with Crippen molar-refractivity contribution in [2.45, 2.75) is 16.8 Å². The first kappa shape index (κ1) is 22.0. The molecular weight excluding hydrogens is 508 g/mol. The van der Waals surface area contributed by atoms with Crippen molar-refractivity contribution in [3.63, 3.8) is 0 Å². The maximum absolute atomic E-state index is 12.8. The van der Waals surface area contributed by atoms with Gasteiger partial charge >= 0.3 is 6.18 Å². The number of halogens is 4. The van der Waals surface area contributed by atoms with Crippen LogP contribution in [-0.4, -0.2) is 19.8 Å². The molecule has 9 heteroatoms. The predicted octanol–water partition coefficient (Wildman–Crippen LogP) is 4.71. The molecular formula is C21H18F3IN4O. The third kappa shape index (κ3) is 5.28. The Kier molecular flexibility index (Phi) is 6.93. The summed E-state index contributed by atoms with van der Waals surface area (Å²) in [5.41, 5.74) is 7.10. The number of ketones is 1. The first-order valence-electron chi connectivity index (χ1n) is 8.90. The Morgan fingerprint density at radius 1 is 1.27 bits per heavy atom. The molecule has 5 nitrogen and oxygen atoms in total. The molecule has 0 aliphatic carbocycles. The molecule has 3 rings (SSSR count). The minimum atomic E-state index is -4.35. The number of fused-ring (bicyclic) bond motifs is 1. The van der Waals surface area contributed by atoms with Crippen molar-refractivity contribution in [3.05, 3.63) is 89.4 Å². The van der Waals surface area contributed by atoms with E-state index in [9.17, 15) is 18.0 Å². The summed E-state index contributed by atoms with van der Waals surface area (Å²) >= 11 is 2.12. The van der Waals surface area contributed by atoms with Gasteiger partial charge in [-0.15, -0.1) is 0 Å². The van der Waals surface area contributed by atoms with Crippen molar-refractivity contribution in [1.29, 1.82) is 0 Å². The van der Waals surface area contributed by atoms with Crippen LogP contribution in [0.4, 0.5) is 13.2 Å². The Hall–Kier alpha value is -2.66. The summed E-state index contributed by atoms with van der Waals surface area (Å²) < 4.78 is 37.7. The summed E-state index contributed by atoms with van der Waals surface area (Å²) in [4.78, 5) is 19.9. The van der Waals surface area contributed by atoms with Crippen LogP contribution in [0.2, 0.25) is 0 Å². The van der Waals surface area contributed by atoms with Crippen LogP contribution in [0, 0.1) is 0 Å². The zero-order valence-corrected chi connectivity index (χ0v) is 17.7. The van der Waals surface area contributed by atoms with Gasteiger partial charge in [-0.25, -0.2) is 4.98 Å². The highest BCUT2D eigenvalue weighted by molar-refractivity contribution is 14.1. The van der Waals surface area contributed by atoms with Crippen LogP contribution in [0.15, 0.2) is 72.7 Å². The molecule has 0 fully saturated rings. The third-order valence-electron chi connectivity index (χ3n) is 4.36. The fourth-order valence-electron chi connectivity index (χ4n) is 2.79. The number of rotatable bonds is 7. The average molecular weight is 526 g/mol. The van der Waals surface area contributed by atoms with Crippen LogP contribution < -0.4 is 11.1 Å². The number of Topliss-reactive ketones (excluding diaryl/α,β-unsaturated/α-hetero) is 1. The fourth-order valence-corrected chi connectivity index (χ4v) is 3.22. The van der Waals surface area contributed by atoms with Gasteiger partial charge in [-0.1, -0.05) is 46.9 Å². The lowest BCUT2D eigenvalue weighted by atomic mass is 10.0. The molecule has 0 aliphatic heterocycles. The predicted molar refractivity (Wildman–Crippen MR) is 118 cm³/mol. The summed E-state index contributed by atoms with van der Waals surface area (Å²) in [6, 6.07) is 8.53. The number of allylic oxidation sites excluding steroid dienone is 2. The van der Waals surface area contributed by atoms with E-state index < -0.39 is 11.7 Å². The van der Waals surface area contributed by atoms with Crippen LogP contribution in [0.25, 0.3) is 11.0 Å². The Balaban J connectivity index is 1.61. The van der Waals surface area contributed by atoms with Crippen molar-refractivity contribution in [2.75, 3.05) is 0 Å². The van der Waals surface area contributed by atoms with Gasteiger partial charge in [-0.3, -0.25) is 10.1 Å². The quantitative estimate of drug-likeness (QED) is 0.104. The highest BCUT2D eigenvalue weighted by atomic mass is 127. The van der Waals surface area contributed by atoms with E-state index in [1.54, 1.807) is 36.7 Å². The normalized spacial score (nSPS) is 13.8. The largest absolute Gasteiger partial charge is 0.416 e.